The quantitative estimate of drug-likeness (QED) is 0.487. The first kappa shape index (κ1) is 23.1. The maximum atomic E-state index is 13.1. The van der Waals surface area contributed by atoms with Gasteiger partial charge in [-0.25, -0.2) is 8.42 Å². The van der Waals surface area contributed by atoms with Crippen LogP contribution in [0, 0.1) is 0 Å². The lowest BCUT2D eigenvalue weighted by atomic mass is 10.2. The van der Waals surface area contributed by atoms with Crippen LogP contribution in [-0.4, -0.2) is 43.3 Å². The highest BCUT2D eigenvalue weighted by Crippen LogP contribution is 2.31. The summed E-state index contributed by atoms with van der Waals surface area (Å²) in [4.78, 5) is 16.0. The van der Waals surface area contributed by atoms with Crippen molar-refractivity contribution in [3.8, 4) is 17.0 Å². The second kappa shape index (κ2) is 10.2. The summed E-state index contributed by atoms with van der Waals surface area (Å²) in [6, 6.07) is 18.8. The number of anilines is 1. The van der Waals surface area contributed by atoms with Crippen LogP contribution in [0.5, 0.6) is 5.75 Å². The molecule has 2 N–H and O–H groups in total. The molecule has 1 saturated heterocycles. The number of nitrogens with zero attached hydrogens (tertiary/aromatic N) is 1. The highest BCUT2D eigenvalue weighted by Gasteiger charge is 2.30. The molecule has 0 bridgehead atoms. The van der Waals surface area contributed by atoms with Crippen LogP contribution >= 0.6 is 0 Å². The van der Waals surface area contributed by atoms with Crippen molar-refractivity contribution in [3.63, 3.8) is 0 Å². The van der Waals surface area contributed by atoms with Gasteiger partial charge in [0, 0.05) is 36.6 Å². The van der Waals surface area contributed by atoms with Crippen molar-refractivity contribution >= 4 is 21.6 Å². The van der Waals surface area contributed by atoms with Crippen LogP contribution < -0.4 is 10.1 Å². The van der Waals surface area contributed by atoms with E-state index in [0.29, 0.717) is 37.6 Å². The van der Waals surface area contributed by atoms with E-state index in [0.717, 1.165) is 29.8 Å². The number of carbonyl (C=O) groups is 1. The molecule has 33 heavy (non-hydrogen) atoms. The SMILES string of the molecule is CCOc1ccc(NC(=O)CCc2ccc(-c3ccccc3)[nH]2)cc1S(=O)(=O)N1CCCC1. The molecular formula is C25H29N3O4S. The van der Waals surface area contributed by atoms with E-state index in [1.165, 1.54) is 10.4 Å². The number of aryl methyl sites for hydroxylation is 1. The summed E-state index contributed by atoms with van der Waals surface area (Å²) in [5.74, 6) is 0.127. The number of aromatic amines is 1. The summed E-state index contributed by atoms with van der Waals surface area (Å²) in [7, 11) is -3.68. The van der Waals surface area contributed by atoms with Crippen LogP contribution in [0.2, 0.25) is 0 Å². The molecule has 7 nitrogen and oxygen atoms in total. The topological polar surface area (TPSA) is 91.5 Å². The number of sulfonamides is 1. The van der Waals surface area contributed by atoms with Gasteiger partial charge in [0.05, 0.1) is 6.61 Å². The fraction of sp³-hybridized carbons (Fsp3) is 0.320. The molecule has 0 spiro atoms. The number of ether oxygens (including phenoxy) is 1. The first-order valence-electron chi connectivity index (χ1n) is 11.3. The summed E-state index contributed by atoms with van der Waals surface area (Å²) in [5, 5.41) is 2.83. The normalized spacial score (nSPS) is 14.3. The van der Waals surface area contributed by atoms with Crippen molar-refractivity contribution < 1.29 is 17.9 Å². The first-order chi connectivity index (χ1) is 16.0. The van der Waals surface area contributed by atoms with Crippen molar-refractivity contribution in [3.05, 3.63) is 66.4 Å². The molecule has 0 aliphatic carbocycles. The number of hydrogen-bond acceptors (Lipinski definition) is 4. The number of benzene rings is 2. The van der Waals surface area contributed by atoms with Gasteiger partial charge in [0.1, 0.15) is 10.6 Å². The van der Waals surface area contributed by atoms with Crippen LogP contribution in [0.4, 0.5) is 5.69 Å². The molecule has 2 aromatic carbocycles. The Balaban J connectivity index is 1.43. The predicted octanol–water partition coefficient (Wildman–Crippen LogP) is 4.44. The minimum atomic E-state index is -3.68. The van der Waals surface area contributed by atoms with Gasteiger partial charge in [-0.3, -0.25) is 4.79 Å². The number of aromatic nitrogens is 1. The molecular weight excluding hydrogens is 438 g/mol. The van der Waals surface area contributed by atoms with Crippen molar-refractivity contribution in [1.82, 2.24) is 9.29 Å². The summed E-state index contributed by atoms with van der Waals surface area (Å²) in [6.45, 7) is 3.18. The van der Waals surface area contributed by atoms with Crippen molar-refractivity contribution in [2.75, 3.05) is 25.0 Å². The zero-order chi connectivity index (χ0) is 23.3. The zero-order valence-electron chi connectivity index (χ0n) is 18.7. The number of H-pyrrole nitrogens is 1. The number of amides is 1. The third kappa shape index (κ3) is 5.46. The van der Waals surface area contributed by atoms with E-state index in [4.69, 9.17) is 4.74 Å². The summed E-state index contributed by atoms with van der Waals surface area (Å²) < 4.78 is 33.3. The van der Waals surface area contributed by atoms with Crippen LogP contribution in [0.15, 0.2) is 65.6 Å². The maximum absolute atomic E-state index is 13.1. The van der Waals surface area contributed by atoms with E-state index >= 15 is 0 Å². The summed E-state index contributed by atoms with van der Waals surface area (Å²) >= 11 is 0. The lowest BCUT2D eigenvalue weighted by Crippen LogP contribution is -2.28. The monoisotopic (exact) mass is 467 g/mol. The van der Waals surface area contributed by atoms with Crippen LogP contribution in [0.3, 0.4) is 0 Å². The van der Waals surface area contributed by atoms with Gasteiger partial charge in [0.2, 0.25) is 15.9 Å². The Morgan fingerprint density at radius 1 is 1.06 bits per heavy atom. The standard InChI is InChI=1S/C25H29N3O4S/c1-2-32-23-14-11-21(18-24(23)33(30,31)28-16-6-7-17-28)27-25(29)15-12-20-10-13-22(26-20)19-8-4-3-5-9-19/h3-5,8-11,13-14,18,26H,2,6-7,12,15-17H2,1H3,(H,27,29). The third-order valence-electron chi connectivity index (χ3n) is 5.66. The van der Waals surface area contributed by atoms with Crippen LogP contribution in [0.25, 0.3) is 11.3 Å². The number of hydrogen-bond donors (Lipinski definition) is 2. The molecule has 0 atom stereocenters. The molecule has 8 heteroatoms. The molecule has 1 aromatic heterocycles. The van der Waals surface area contributed by atoms with Gasteiger partial charge in [-0.05, 0) is 62.1 Å². The Kier molecular flexibility index (Phi) is 7.15. The molecule has 2 heterocycles. The molecule has 1 aliphatic heterocycles. The van der Waals surface area contributed by atoms with E-state index < -0.39 is 10.0 Å². The molecule has 1 aliphatic rings. The third-order valence-corrected chi connectivity index (χ3v) is 7.58. The largest absolute Gasteiger partial charge is 0.492 e. The molecule has 3 aromatic rings. The van der Waals surface area contributed by atoms with Gasteiger partial charge in [-0.15, -0.1) is 0 Å². The van der Waals surface area contributed by atoms with Crippen LogP contribution in [0.1, 0.15) is 31.9 Å². The molecule has 0 unspecified atom stereocenters. The molecule has 0 saturated carbocycles. The molecule has 174 valence electrons. The fourth-order valence-corrected chi connectivity index (χ4v) is 5.65. The lowest BCUT2D eigenvalue weighted by molar-refractivity contribution is -0.116. The Hall–Kier alpha value is -3.10. The average molecular weight is 468 g/mol. The van der Waals surface area contributed by atoms with Crippen LogP contribution in [-0.2, 0) is 21.2 Å². The highest BCUT2D eigenvalue weighted by molar-refractivity contribution is 7.89. The summed E-state index contributed by atoms with van der Waals surface area (Å²) in [6.07, 6.45) is 2.53. The van der Waals surface area contributed by atoms with Crippen molar-refractivity contribution in [2.24, 2.45) is 0 Å². The van der Waals surface area contributed by atoms with E-state index in [9.17, 15) is 13.2 Å². The van der Waals surface area contributed by atoms with E-state index in [1.807, 2.05) is 49.4 Å². The molecule has 4 rings (SSSR count). The Labute approximate surface area is 194 Å². The highest BCUT2D eigenvalue weighted by atomic mass is 32.2. The Morgan fingerprint density at radius 3 is 2.55 bits per heavy atom. The fourth-order valence-electron chi connectivity index (χ4n) is 3.97. The Bertz CT molecular complexity index is 1200. The zero-order valence-corrected chi connectivity index (χ0v) is 19.5. The van der Waals surface area contributed by atoms with Gasteiger partial charge < -0.3 is 15.0 Å². The van der Waals surface area contributed by atoms with E-state index in [1.54, 1.807) is 12.1 Å². The van der Waals surface area contributed by atoms with Crippen molar-refractivity contribution in [1.29, 1.82) is 0 Å². The molecule has 1 fully saturated rings. The van der Waals surface area contributed by atoms with E-state index in [2.05, 4.69) is 10.3 Å². The average Bonchev–Trinajstić information content (AvgIpc) is 3.52. The first-order valence-corrected chi connectivity index (χ1v) is 12.7. The molecule has 0 radical (unpaired) electrons. The number of carbonyl (C=O) groups excluding carboxylic acids is 1. The minimum Gasteiger partial charge on any atom is -0.492 e. The smallest absolute Gasteiger partial charge is 0.246 e. The van der Waals surface area contributed by atoms with Gasteiger partial charge >= 0.3 is 0 Å². The predicted molar refractivity (Wildman–Crippen MR) is 129 cm³/mol. The Morgan fingerprint density at radius 2 is 1.82 bits per heavy atom. The van der Waals surface area contributed by atoms with Gasteiger partial charge in [-0.2, -0.15) is 4.31 Å². The maximum Gasteiger partial charge on any atom is 0.246 e. The van der Waals surface area contributed by atoms with Gasteiger partial charge in [0.25, 0.3) is 0 Å². The van der Waals surface area contributed by atoms with Gasteiger partial charge in [0.15, 0.2) is 0 Å². The molecule has 1 amide bonds. The minimum absolute atomic E-state index is 0.0981. The number of nitrogens with one attached hydrogen (secondary N) is 2. The van der Waals surface area contributed by atoms with Gasteiger partial charge in [-0.1, -0.05) is 30.3 Å². The second-order valence-electron chi connectivity index (χ2n) is 8.02. The summed E-state index contributed by atoms with van der Waals surface area (Å²) in [5.41, 5.74) is 3.51. The lowest BCUT2D eigenvalue weighted by Gasteiger charge is -2.19. The van der Waals surface area contributed by atoms with Crippen molar-refractivity contribution in [2.45, 2.75) is 37.5 Å². The second-order valence-corrected chi connectivity index (χ2v) is 9.92. The number of rotatable bonds is 9. The van der Waals surface area contributed by atoms with E-state index in [-0.39, 0.29) is 17.2 Å².